The fraction of sp³-hybridized carbons (Fsp3) is 0.400. The quantitative estimate of drug-likeness (QED) is 0.701. The van der Waals surface area contributed by atoms with Gasteiger partial charge in [-0.3, -0.25) is 5.32 Å². The lowest BCUT2D eigenvalue weighted by atomic mass is 9.93. The molecular formula is C10H13NO2. The second-order valence-corrected chi connectivity index (χ2v) is 3.20. The van der Waals surface area contributed by atoms with Crippen molar-refractivity contribution in [1.82, 2.24) is 5.32 Å². The van der Waals surface area contributed by atoms with Gasteiger partial charge in [0.25, 0.3) is 0 Å². The maximum Gasteiger partial charge on any atom is 0.136 e. The summed E-state index contributed by atoms with van der Waals surface area (Å²) in [4.78, 5) is 0. The van der Waals surface area contributed by atoms with Crippen molar-refractivity contribution in [2.45, 2.75) is 18.4 Å². The standard InChI is InChI=1S/C10H13NO2/c1-13-10-9(12)8(11-10)7-5-3-2-4-6-7/h2-6,8-12H,1H3/t8-,9+,10?/m0/s1. The van der Waals surface area contributed by atoms with E-state index in [4.69, 9.17) is 4.74 Å². The van der Waals surface area contributed by atoms with E-state index in [2.05, 4.69) is 5.32 Å². The van der Waals surface area contributed by atoms with Gasteiger partial charge in [0.2, 0.25) is 0 Å². The molecule has 3 atom stereocenters. The van der Waals surface area contributed by atoms with Crippen LogP contribution in [0, 0.1) is 0 Å². The lowest BCUT2D eigenvalue weighted by Gasteiger charge is -2.41. The first kappa shape index (κ1) is 8.69. The van der Waals surface area contributed by atoms with Crippen LogP contribution in [0.15, 0.2) is 30.3 Å². The van der Waals surface area contributed by atoms with Crippen LogP contribution in [0.25, 0.3) is 0 Å². The first-order chi connectivity index (χ1) is 6.33. The van der Waals surface area contributed by atoms with Crippen molar-refractivity contribution in [2.75, 3.05) is 7.11 Å². The molecule has 0 saturated carbocycles. The lowest BCUT2D eigenvalue weighted by molar-refractivity contribution is -0.122. The smallest absolute Gasteiger partial charge is 0.136 e. The van der Waals surface area contributed by atoms with Crippen LogP contribution in [0.4, 0.5) is 0 Å². The van der Waals surface area contributed by atoms with Gasteiger partial charge in [0, 0.05) is 7.11 Å². The fourth-order valence-electron chi connectivity index (χ4n) is 1.59. The van der Waals surface area contributed by atoms with Crippen molar-refractivity contribution in [1.29, 1.82) is 0 Å². The van der Waals surface area contributed by atoms with Gasteiger partial charge in [0.1, 0.15) is 12.3 Å². The Bertz CT molecular complexity index is 276. The average Bonchev–Trinajstić information content (AvgIpc) is 2.18. The normalized spacial score (nSPS) is 32.6. The van der Waals surface area contributed by atoms with Gasteiger partial charge in [-0.25, -0.2) is 0 Å². The molecule has 3 nitrogen and oxygen atoms in total. The van der Waals surface area contributed by atoms with Gasteiger partial charge in [0.05, 0.1) is 6.04 Å². The second-order valence-electron chi connectivity index (χ2n) is 3.20. The highest BCUT2D eigenvalue weighted by atomic mass is 16.5. The average molecular weight is 179 g/mol. The number of hydrogen-bond acceptors (Lipinski definition) is 3. The van der Waals surface area contributed by atoms with Gasteiger partial charge in [-0.1, -0.05) is 30.3 Å². The Morgan fingerprint density at radius 2 is 2.00 bits per heavy atom. The molecule has 1 aromatic carbocycles. The molecule has 0 amide bonds. The summed E-state index contributed by atoms with van der Waals surface area (Å²) < 4.78 is 4.99. The molecule has 2 N–H and O–H groups in total. The van der Waals surface area contributed by atoms with Crippen LogP contribution in [0.5, 0.6) is 0 Å². The molecule has 70 valence electrons. The van der Waals surface area contributed by atoms with Crippen molar-refractivity contribution in [3.63, 3.8) is 0 Å². The summed E-state index contributed by atoms with van der Waals surface area (Å²) in [6, 6.07) is 9.89. The minimum atomic E-state index is -0.438. The number of ether oxygens (including phenoxy) is 1. The van der Waals surface area contributed by atoms with Crippen LogP contribution < -0.4 is 5.32 Å². The number of hydrogen-bond donors (Lipinski definition) is 2. The van der Waals surface area contributed by atoms with Gasteiger partial charge in [-0.05, 0) is 5.56 Å². The van der Waals surface area contributed by atoms with E-state index in [0.29, 0.717) is 0 Å². The maximum absolute atomic E-state index is 9.63. The number of aliphatic hydroxyl groups excluding tert-OH is 1. The molecule has 0 radical (unpaired) electrons. The highest BCUT2D eigenvalue weighted by Crippen LogP contribution is 2.28. The molecule has 1 saturated heterocycles. The third kappa shape index (κ3) is 1.46. The number of methoxy groups -OCH3 is 1. The van der Waals surface area contributed by atoms with Crippen molar-refractivity contribution in [3.8, 4) is 0 Å². The third-order valence-corrected chi connectivity index (χ3v) is 2.41. The zero-order chi connectivity index (χ0) is 9.26. The van der Waals surface area contributed by atoms with Crippen LogP contribution in [0.1, 0.15) is 11.6 Å². The zero-order valence-electron chi connectivity index (χ0n) is 7.47. The Labute approximate surface area is 77.3 Å². The molecule has 1 aliphatic rings. The van der Waals surface area contributed by atoms with Crippen molar-refractivity contribution >= 4 is 0 Å². The number of benzene rings is 1. The van der Waals surface area contributed by atoms with E-state index in [1.54, 1.807) is 7.11 Å². The Kier molecular flexibility index (Phi) is 2.31. The minimum absolute atomic E-state index is 0.0196. The largest absolute Gasteiger partial charge is 0.387 e. The van der Waals surface area contributed by atoms with Gasteiger partial charge in [-0.2, -0.15) is 0 Å². The minimum Gasteiger partial charge on any atom is -0.387 e. The number of nitrogens with one attached hydrogen (secondary N) is 1. The molecule has 1 fully saturated rings. The Balaban J connectivity index is 2.06. The van der Waals surface area contributed by atoms with Crippen molar-refractivity contribution in [3.05, 3.63) is 35.9 Å². The molecule has 0 spiro atoms. The summed E-state index contributed by atoms with van der Waals surface area (Å²) in [5.74, 6) is 0. The highest BCUT2D eigenvalue weighted by molar-refractivity contribution is 5.23. The molecule has 0 aliphatic carbocycles. The summed E-state index contributed by atoms with van der Waals surface area (Å²) in [5, 5.41) is 12.8. The molecule has 3 heteroatoms. The SMILES string of the molecule is COC1N[C@@H](c2ccccc2)[C@H]1O. The topological polar surface area (TPSA) is 41.5 Å². The van der Waals surface area contributed by atoms with Crippen LogP contribution >= 0.6 is 0 Å². The van der Waals surface area contributed by atoms with Crippen LogP contribution in [-0.4, -0.2) is 24.5 Å². The third-order valence-electron chi connectivity index (χ3n) is 2.41. The monoisotopic (exact) mass is 179 g/mol. The predicted octanol–water partition coefficient (Wildman–Crippen LogP) is 0.664. The Hall–Kier alpha value is -0.900. The van der Waals surface area contributed by atoms with Crippen LogP contribution in [0.2, 0.25) is 0 Å². The predicted molar refractivity (Wildman–Crippen MR) is 49.1 cm³/mol. The Morgan fingerprint density at radius 1 is 1.31 bits per heavy atom. The molecule has 0 bridgehead atoms. The summed E-state index contributed by atoms with van der Waals surface area (Å²) in [7, 11) is 1.59. The van der Waals surface area contributed by atoms with Gasteiger partial charge >= 0.3 is 0 Å². The summed E-state index contributed by atoms with van der Waals surface area (Å²) in [6.07, 6.45) is -0.655. The first-order valence-corrected chi connectivity index (χ1v) is 4.35. The first-order valence-electron chi connectivity index (χ1n) is 4.35. The van der Waals surface area contributed by atoms with Gasteiger partial charge in [-0.15, -0.1) is 0 Å². The van der Waals surface area contributed by atoms with E-state index in [1.165, 1.54) is 0 Å². The molecule has 0 aromatic heterocycles. The van der Waals surface area contributed by atoms with E-state index in [1.807, 2.05) is 30.3 Å². The molecule has 2 rings (SSSR count). The molecule has 1 heterocycles. The van der Waals surface area contributed by atoms with Crippen molar-refractivity contribution in [2.24, 2.45) is 0 Å². The van der Waals surface area contributed by atoms with Crippen LogP contribution in [0.3, 0.4) is 0 Å². The molecule has 1 aliphatic heterocycles. The van der Waals surface area contributed by atoms with Crippen molar-refractivity contribution < 1.29 is 9.84 Å². The Morgan fingerprint density at radius 3 is 2.54 bits per heavy atom. The van der Waals surface area contributed by atoms with E-state index >= 15 is 0 Å². The highest BCUT2D eigenvalue weighted by Gasteiger charge is 2.39. The molecule has 1 aromatic rings. The summed E-state index contributed by atoms with van der Waals surface area (Å²) >= 11 is 0. The van der Waals surface area contributed by atoms with E-state index in [-0.39, 0.29) is 12.3 Å². The lowest BCUT2D eigenvalue weighted by Crippen LogP contribution is -2.60. The maximum atomic E-state index is 9.63. The summed E-state index contributed by atoms with van der Waals surface area (Å²) in [5.41, 5.74) is 1.10. The zero-order valence-corrected chi connectivity index (χ0v) is 7.47. The van der Waals surface area contributed by atoms with E-state index < -0.39 is 6.10 Å². The second kappa shape index (κ2) is 3.46. The van der Waals surface area contributed by atoms with Gasteiger partial charge < -0.3 is 9.84 Å². The number of aliphatic hydroxyl groups is 1. The fourth-order valence-corrected chi connectivity index (χ4v) is 1.59. The molecular weight excluding hydrogens is 166 g/mol. The molecule has 1 unspecified atom stereocenters. The number of rotatable bonds is 2. The summed E-state index contributed by atoms with van der Waals surface area (Å²) in [6.45, 7) is 0. The molecule has 13 heavy (non-hydrogen) atoms. The van der Waals surface area contributed by atoms with E-state index in [9.17, 15) is 5.11 Å². The van der Waals surface area contributed by atoms with Gasteiger partial charge in [0.15, 0.2) is 0 Å². The van der Waals surface area contributed by atoms with E-state index in [0.717, 1.165) is 5.56 Å². The van der Waals surface area contributed by atoms with Crippen LogP contribution in [-0.2, 0) is 4.74 Å².